The van der Waals surface area contributed by atoms with Gasteiger partial charge in [-0.25, -0.2) is 4.99 Å². The number of carbonyl (C=O) groups excluding carboxylic acids is 2. The van der Waals surface area contributed by atoms with Crippen LogP contribution in [-0.4, -0.2) is 105 Å². The molecule has 2 aromatic rings. The minimum absolute atomic E-state index is 0.0627. The average Bonchev–Trinajstić information content (AvgIpc) is 3.63. The van der Waals surface area contributed by atoms with E-state index in [1.165, 1.54) is 0 Å². The molecule has 0 bridgehead atoms. The van der Waals surface area contributed by atoms with Crippen LogP contribution >= 0.6 is 58.0 Å². The molecule has 0 unspecified atom stereocenters. The molecule has 15 heteroatoms. The van der Waals surface area contributed by atoms with E-state index in [2.05, 4.69) is 23.8 Å². The molecular weight excluding hydrogens is 744 g/mol. The molecule has 5 rings (SSSR count). The van der Waals surface area contributed by atoms with Gasteiger partial charge in [-0.2, -0.15) is 0 Å². The van der Waals surface area contributed by atoms with Gasteiger partial charge in [-0.3, -0.25) is 14.9 Å². The molecule has 2 aromatic carbocycles. The van der Waals surface area contributed by atoms with Crippen molar-refractivity contribution < 1.29 is 14.3 Å². The first kappa shape index (κ1) is 41.1. The molecule has 0 aliphatic carbocycles. The summed E-state index contributed by atoms with van der Waals surface area (Å²) >= 11 is 26.9. The van der Waals surface area contributed by atoms with Gasteiger partial charge in [0.2, 0.25) is 5.96 Å². The third kappa shape index (κ3) is 10.2. The van der Waals surface area contributed by atoms with Crippen molar-refractivity contribution in [2.24, 2.45) is 4.99 Å². The van der Waals surface area contributed by atoms with E-state index in [0.717, 1.165) is 11.4 Å². The Kier molecular flexibility index (Phi) is 15.0. The molecule has 2 N–H and O–H groups in total. The first-order chi connectivity index (χ1) is 23.6. The summed E-state index contributed by atoms with van der Waals surface area (Å²) in [6, 6.07) is 16.5. The van der Waals surface area contributed by atoms with Gasteiger partial charge >= 0.3 is 0 Å². The summed E-state index contributed by atoms with van der Waals surface area (Å²) in [6.07, 6.45) is 4.64. The Morgan fingerprint density at radius 3 is 2.18 bits per heavy atom. The number of carbonyl (C=O) groups is 2. The van der Waals surface area contributed by atoms with E-state index in [1.54, 1.807) is 24.3 Å². The summed E-state index contributed by atoms with van der Waals surface area (Å²) in [5.74, 6) is 1.75. The molecule has 3 atom stereocenters. The van der Waals surface area contributed by atoms with E-state index < -0.39 is 15.4 Å². The third-order valence-electron chi connectivity index (χ3n) is 8.16. The Morgan fingerprint density at radius 1 is 1.06 bits per heavy atom. The van der Waals surface area contributed by atoms with Gasteiger partial charge in [0, 0.05) is 40.3 Å². The number of benzene rings is 2. The number of Topliss-reactive ketones (excluding diaryl/α,β-unsaturated/α-hetero) is 1. The zero-order valence-corrected chi connectivity index (χ0v) is 32.6. The number of ether oxygens (including phenoxy) is 1. The molecule has 0 aromatic heterocycles. The van der Waals surface area contributed by atoms with Gasteiger partial charge in [0.15, 0.2) is 11.4 Å². The maximum atomic E-state index is 13.4. The van der Waals surface area contributed by atoms with Crippen molar-refractivity contribution >= 4 is 75.7 Å². The fourth-order valence-corrected chi connectivity index (χ4v) is 5.83. The van der Waals surface area contributed by atoms with Crippen LogP contribution in [0.3, 0.4) is 0 Å². The Labute approximate surface area is 320 Å². The molecule has 1 fully saturated rings. The van der Waals surface area contributed by atoms with Crippen LogP contribution in [0.25, 0.3) is 0 Å². The summed E-state index contributed by atoms with van der Waals surface area (Å²) in [6.45, 7) is 11.0. The van der Waals surface area contributed by atoms with Gasteiger partial charge in [0.25, 0.3) is 9.70 Å². The van der Waals surface area contributed by atoms with E-state index >= 15 is 0 Å². The molecule has 0 radical (unpaired) electrons. The van der Waals surface area contributed by atoms with Crippen LogP contribution in [0.4, 0.5) is 0 Å². The Balaban J connectivity index is 0.000000535. The highest BCUT2D eigenvalue weighted by Gasteiger charge is 2.59. The van der Waals surface area contributed by atoms with Gasteiger partial charge in [-0.05, 0) is 42.3 Å². The Morgan fingerprint density at radius 2 is 1.66 bits per heavy atom. The van der Waals surface area contributed by atoms with E-state index in [4.69, 9.17) is 67.7 Å². The first-order valence-corrected chi connectivity index (χ1v) is 17.9. The molecule has 1 saturated heterocycles. The van der Waals surface area contributed by atoms with Gasteiger partial charge in [0.05, 0.1) is 35.6 Å². The fourth-order valence-electron chi connectivity index (χ4n) is 5.69. The number of nitrogens with zero attached hydrogens (tertiary/aromatic N) is 5. The summed E-state index contributed by atoms with van der Waals surface area (Å²) in [5, 5.41) is 6.31. The lowest BCUT2D eigenvalue weighted by molar-refractivity contribution is -0.119. The molecular formula is C35H44Cl5N7O3. The van der Waals surface area contributed by atoms with Gasteiger partial charge in [0.1, 0.15) is 12.4 Å². The fraction of sp³-hybridized carbons (Fsp3) is 0.400. The van der Waals surface area contributed by atoms with Crippen LogP contribution < -0.4 is 15.4 Å². The number of hydrogen-bond acceptors (Lipinski definition) is 9. The van der Waals surface area contributed by atoms with Crippen molar-refractivity contribution in [3.8, 4) is 5.75 Å². The number of halogens is 5. The lowest BCUT2D eigenvalue weighted by Crippen LogP contribution is -2.69. The number of rotatable bonds is 9. The van der Waals surface area contributed by atoms with Crippen LogP contribution in [0.2, 0.25) is 0 Å². The van der Waals surface area contributed by atoms with Crippen molar-refractivity contribution in [2.75, 3.05) is 46.6 Å². The molecule has 10 nitrogen and oxygen atoms in total. The number of amides is 1. The summed E-state index contributed by atoms with van der Waals surface area (Å²) in [7, 11) is 7.90. The minimum Gasteiger partial charge on any atom is -0.489 e. The predicted molar refractivity (Wildman–Crippen MR) is 206 cm³/mol. The van der Waals surface area contributed by atoms with Crippen LogP contribution in [-0.2, 0) is 11.4 Å². The maximum absolute atomic E-state index is 13.4. The monoisotopic (exact) mass is 785 g/mol. The standard InChI is InChI=1S/C28H28Cl3N5O3.C6H14N2.CH2Cl2/c1-3-22-24-27(14-7-15-36(27)26(32-22)33-25(38)28(29,30)31)34-18(2)35(24)16-23(37)20-10-12-21(13-11-20)39-17-19-8-5-4-6-9-19;1-6(7(2)3)8(4)5;2-1-3/h4-14,22,24,34H,2-3,15-17H2,1H3,(H,32,33,38);1H2,2-5H3;1H2/t22-,24-,27+;;/m0../s1. The normalized spacial score (nSPS) is 20.1. The van der Waals surface area contributed by atoms with Crippen LogP contribution in [0.1, 0.15) is 29.3 Å². The maximum Gasteiger partial charge on any atom is 0.278 e. The van der Waals surface area contributed by atoms with Gasteiger partial charge in [-0.15, -0.1) is 23.2 Å². The largest absolute Gasteiger partial charge is 0.489 e. The van der Waals surface area contributed by atoms with E-state index in [0.29, 0.717) is 42.7 Å². The van der Waals surface area contributed by atoms with E-state index in [1.807, 2.05) is 97.2 Å². The molecule has 3 heterocycles. The predicted octanol–water partition coefficient (Wildman–Crippen LogP) is 6.40. The van der Waals surface area contributed by atoms with Crippen molar-refractivity contribution in [1.82, 2.24) is 30.2 Å². The second-order valence-electron chi connectivity index (χ2n) is 11.9. The van der Waals surface area contributed by atoms with Gasteiger partial charge in [-0.1, -0.05) is 91.3 Å². The number of aliphatic imine (C=N–C) groups is 1. The minimum atomic E-state index is -2.13. The molecule has 272 valence electrons. The van der Waals surface area contributed by atoms with Crippen LogP contribution in [0.5, 0.6) is 5.75 Å². The molecule has 1 amide bonds. The molecule has 50 heavy (non-hydrogen) atoms. The van der Waals surface area contributed by atoms with Gasteiger partial charge < -0.3 is 29.7 Å². The molecule has 0 saturated carbocycles. The second-order valence-corrected chi connectivity index (χ2v) is 15.0. The van der Waals surface area contributed by atoms with Crippen LogP contribution in [0.15, 0.2) is 96.5 Å². The number of hydrogen-bond donors (Lipinski definition) is 2. The Bertz CT molecular complexity index is 1540. The third-order valence-corrected chi connectivity index (χ3v) is 8.68. The first-order valence-electron chi connectivity index (χ1n) is 15.7. The zero-order valence-electron chi connectivity index (χ0n) is 28.8. The molecule has 3 aliphatic rings. The summed E-state index contributed by atoms with van der Waals surface area (Å²) in [4.78, 5) is 38.4. The number of guanidine groups is 1. The highest BCUT2D eigenvalue weighted by Crippen LogP contribution is 2.42. The highest BCUT2D eigenvalue weighted by atomic mass is 35.6. The lowest BCUT2D eigenvalue weighted by atomic mass is 9.90. The van der Waals surface area contributed by atoms with E-state index in [9.17, 15) is 9.59 Å². The van der Waals surface area contributed by atoms with Crippen molar-refractivity contribution in [1.29, 1.82) is 0 Å². The topological polar surface area (TPSA) is 92.8 Å². The van der Waals surface area contributed by atoms with Crippen molar-refractivity contribution in [3.05, 3.63) is 103 Å². The second kappa shape index (κ2) is 18.3. The Hall–Kier alpha value is -3.28. The molecule has 3 aliphatic heterocycles. The summed E-state index contributed by atoms with van der Waals surface area (Å²) in [5.41, 5.74) is 0.875. The van der Waals surface area contributed by atoms with Crippen LogP contribution in [0, 0.1) is 0 Å². The highest BCUT2D eigenvalue weighted by molar-refractivity contribution is 6.76. The number of ketones is 1. The average molecular weight is 788 g/mol. The quantitative estimate of drug-likeness (QED) is 0.172. The van der Waals surface area contributed by atoms with Crippen molar-refractivity contribution in [3.63, 3.8) is 0 Å². The number of alkyl halides is 5. The van der Waals surface area contributed by atoms with Crippen molar-refractivity contribution in [2.45, 2.75) is 41.5 Å². The molecule has 1 spiro atoms. The van der Waals surface area contributed by atoms with E-state index in [-0.39, 0.29) is 29.8 Å². The lowest BCUT2D eigenvalue weighted by Gasteiger charge is -2.47. The summed E-state index contributed by atoms with van der Waals surface area (Å²) < 4.78 is 3.72. The zero-order chi connectivity index (χ0) is 37.2. The SMILES string of the molecule is C=C(N(C)C)N(C)C.C=C1N[C@]23C=CCN2C(NC(=O)C(Cl)(Cl)Cl)=N[C@@H](CC)[C@@H]3N1CC(=O)c1ccc(OCc2ccccc2)cc1.ClCCl. The number of nitrogens with one attached hydrogen (secondary N) is 2. The smallest absolute Gasteiger partial charge is 0.278 e.